The zero-order chi connectivity index (χ0) is 12.5. The van der Waals surface area contributed by atoms with Crippen molar-refractivity contribution >= 4 is 27.9 Å². The third-order valence-electron chi connectivity index (χ3n) is 2.92. The first kappa shape index (κ1) is 11.0. The van der Waals surface area contributed by atoms with Crippen LogP contribution in [0.15, 0.2) is 48.7 Å². The molecule has 0 saturated carbocycles. The standard InChI is InChI=1S/C14H13N3S/c1-10(15)12-6-13(18-9-12)8-17-5-3-11-7-16-4-2-14(11)17/h2-7,9H,1,8,15H2. The maximum Gasteiger partial charge on any atom is 0.0569 e. The third kappa shape index (κ3) is 1.91. The summed E-state index contributed by atoms with van der Waals surface area (Å²) in [6, 6.07) is 6.21. The van der Waals surface area contributed by atoms with Crippen molar-refractivity contribution in [2.24, 2.45) is 5.73 Å². The van der Waals surface area contributed by atoms with Crippen molar-refractivity contribution < 1.29 is 0 Å². The van der Waals surface area contributed by atoms with Crippen LogP contribution in [-0.2, 0) is 6.54 Å². The van der Waals surface area contributed by atoms with Gasteiger partial charge < -0.3 is 10.3 Å². The second-order valence-electron chi connectivity index (χ2n) is 4.21. The lowest BCUT2D eigenvalue weighted by atomic mass is 10.2. The molecule has 3 heterocycles. The summed E-state index contributed by atoms with van der Waals surface area (Å²) in [6.07, 6.45) is 5.79. The van der Waals surface area contributed by atoms with E-state index >= 15 is 0 Å². The minimum absolute atomic E-state index is 0.624. The fraction of sp³-hybridized carbons (Fsp3) is 0.0714. The van der Waals surface area contributed by atoms with E-state index in [1.165, 1.54) is 10.4 Å². The molecule has 0 radical (unpaired) electrons. The predicted octanol–water partition coefficient (Wildman–Crippen LogP) is 3.08. The minimum atomic E-state index is 0.624. The smallest absolute Gasteiger partial charge is 0.0569 e. The Kier molecular flexibility index (Phi) is 2.64. The second-order valence-corrected chi connectivity index (χ2v) is 5.20. The Morgan fingerprint density at radius 3 is 3.11 bits per heavy atom. The number of rotatable bonds is 3. The number of nitrogens with two attached hydrogens (primary N) is 1. The molecule has 0 saturated heterocycles. The number of pyridine rings is 1. The number of aromatic nitrogens is 2. The molecule has 0 fully saturated rings. The molecule has 0 atom stereocenters. The molecule has 0 bridgehead atoms. The van der Waals surface area contributed by atoms with Gasteiger partial charge in [-0.2, -0.15) is 0 Å². The highest BCUT2D eigenvalue weighted by atomic mass is 32.1. The van der Waals surface area contributed by atoms with E-state index in [9.17, 15) is 0 Å². The van der Waals surface area contributed by atoms with Crippen LogP contribution in [0.1, 0.15) is 10.4 Å². The van der Waals surface area contributed by atoms with Crippen LogP contribution in [0.5, 0.6) is 0 Å². The van der Waals surface area contributed by atoms with Crippen LogP contribution in [0.3, 0.4) is 0 Å². The van der Waals surface area contributed by atoms with Crippen LogP contribution >= 0.6 is 11.3 Å². The molecule has 0 unspecified atom stereocenters. The molecule has 0 aliphatic heterocycles. The molecule has 90 valence electrons. The Morgan fingerprint density at radius 2 is 2.33 bits per heavy atom. The van der Waals surface area contributed by atoms with E-state index in [4.69, 9.17) is 5.73 Å². The summed E-state index contributed by atoms with van der Waals surface area (Å²) in [5.41, 5.74) is 8.53. The molecule has 0 amide bonds. The van der Waals surface area contributed by atoms with Crippen LogP contribution in [0, 0.1) is 0 Å². The molecule has 0 aliphatic rings. The number of hydrogen-bond donors (Lipinski definition) is 1. The fourth-order valence-electron chi connectivity index (χ4n) is 1.98. The highest BCUT2D eigenvalue weighted by Gasteiger charge is 2.04. The summed E-state index contributed by atoms with van der Waals surface area (Å²) in [4.78, 5) is 5.39. The van der Waals surface area contributed by atoms with Gasteiger partial charge in [0.2, 0.25) is 0 Å². The van der Waals surface area contributed by atoms with Gasteiger partial charge in [-0.05, 0) is 18.2 Å². The summed E-state index contributed by atoms with van der Waals surface area (Å²) >= 11 is 1.71. The lowest BCUT2D eigenvalue weighted by Gasteiger charge is -2.02. The van der Waals surface area contributed by atoms with Gasteiger partial charge in [0.05, 0.1) is 12.1 Å². The summed E-state index contributed by atoms with van der Waals surface area (Å²) in [5.74, 6) is 0. The Bertz CT molecular complexity index is 708. The van der Waals surface area contributed by atoms with Crippen molar-refractivity contribution in [3.63, 3.8) is 0 Å². The summed E-state index contributed by atoms with van der Waals surface area (Å²) in [6.45, 7) is 4.61. The van der Waals surface area contributed by atoms with E-state index in [1.807, 2.05) is 23.8 Å². The number of hydrogen-bond acceptors (Lipinski definition) is 3. The van der Waals surface area contributed by atoms with Gasteiger partial charge in [-0.25, -0.2) is 0 Å². The zero-order valence-corrected chi connectivity index (χ0v) is 10.7. The zero-order valence-electron chi connectivity index (χ0n) is 9.84. The third-order valence-corrected chi connectivity index (χ3v) is 3.84. The highest BCUT2D eigenvalue weighted by molar-refractivity contribution is 7.10. The molecular formula is C14H13N3S. The largest absolute Gasteiger partial charge is 0.399 e. The van der Waals surface area contributed by atoms with Gasteiger partial charge in [-0.15, -0.1) is 11.3 Å². The summed E-state index contributed by atoms with van der Waals surface area (Å²) < 4.78 is 2.21. The first-order chi connectivity index (χ1) is 8.74. The van der Waals surface area contributed by atoms with Crippen molar-refractivity contribution in [3.05, 3.63) is 59.2 Å². The summed E-state index contributed by atoms with van der Waals surface area (Å²) in [7, 11) is 0. The summed E-state index contributed by atoms with van der Waals surface area (Å²) in [5, 5.41) is 3.21. The van der Waals surface area contributed by atoms with Crippen molar-refractivity contribution in [3.8, 4) is 0 Å². The molecule has 3 aromatic heterocycles. The van der Waals surface area contributed by atoms with Gasteiger partial charge in [-0.3, -0.25) is 4.98 Å². The quantitative estimate of drug-likeness (QED) is 0.781. The van der Waals surface area contributed by atoms with E-state index in [1.54, 1.807) is 11.3 Å². The first-order valence-electron chi connectivity index (χ1n) is 5.65. The topological polar surface area (TPSA) is 43.8 Å². The number of nitrogens with zero attached hydrogens (tertiary/aromatic N) is 2. The van der Waals surface area contributed by atoms with Crippen LogP contribution in [0.2, 0.25) is 0 Å². The van der Waals surface area contributed by atoms with Crippen LogP contribution in [0.25, 0.3) is 16.6 Å². The Hall–Kier alpha value is -2.07. The number of fused-ring (bicyclic) bond motifs is 1. The Balaban J connectivity index is 1.93. The maximum atomic E-state index is 5.69. The van der Waals surface area contributed by atoms with E-state index in [0.717, 1.165) is 17.5 Å². The van der Waals surface area contributed by atoms with Gasteiger partial charge in [0.15, 0.2) is 0 Å². The van der Waals surface area contributed by atoms with Gasteiger partial charge in [0.1, 0.15) is 0 Å². The predicted molar refractivity (Wildman–Crippen MR) is 76.4 cm³/mol. The molecule has 3 aromatic rings. The average Bonchev–Trinajstić information content (AvgIpc) is 2.98. The average molecular weight is 255 g/mol. The lowest BCUT2D eigenvalue weighted by Crippen LogP contribution is -1.96. The molecule has 18 heavy (non-hydrogen) atoms. The molecule has 2 N–H and O–H groups in total. The van der Waals surface area contributed by atoms with E-state index < -0.39 is 0 Å². The molecule has 3 nitrogen and oxygen atoms in total. The van der Waals surface area contributed by atoms with E-state index in [2.05, 4.69) is 34.5 Å². The van der Waals surface area contributed by atoms with Gasteiger partial charge >= 0.3 is 0 Å². The van der Waals surface area contributed by atoms with Gasteiger partial charge in [0.25, 0.3) is 0 Å². The molecule has 4 heteroatoms. The first-order valence-corrected chi connectivity index (χ1v) is 6.53. The van der Waals surface area contributed by atoms with Gasteiger partial charge in [0, 0.05) is 45.5 Å². The van der Waals surface area contributed by atoms with Crippen molar-refractivity contribution in [2.75, 3.05) is 0 Å². The van der Waals surface area contributed by atoms with Crippen LogP contribution in [0.4, 0.5) is 0 Å². The van der Waals surface area contributed by atoms with Crippen LogP contribution < -0.4 is 5.73 Å². The van der Waals surface area contributed by atoms with Crippen molar-refractivity contribution in [2.45, 2.75) is 6.54 Å². The van der Waals surface area contributed by atoms with E-state index in [-0.39, 0.29) is 0 Å². The molecular weight excluding hydrogens is 242 g/mol. The Labute approximate surface area is 109 Å². The van der Waals surface area contributed by atoms with Crippen LogP contribution in [-0.4, -0.2) is 9.55 Å². The number of thiophene rings is 1. The Morgan fingerprint density at radius 1 is 1.44 bits per heavy atom. The lowest BCUT2D eigenvalue weighted by molar-refractivity contribution is 0.851. The minimum Gasteiger partial charge on any atom is -0.399 e. The monoisotopic (exact) mass is 255 g/mol. The molecule has 0 aromatic carbocycles. The fourth-order valence-corrected chi connectivity index (χ4v) is 2.88. The maximum absolute atomic E-state index is 5.69. The second kappa shape index (κ2) is 4.31. The normalized spacial score (nSPS) is 10.9. The van der Waals surface area contributed by atoms with Crippen molar-refractivity contribution in [1.29, 1.82) is 0 Å². The molecule has 0 spiro atoms. The van der Waals surface area contributed by atoms with Gasteiger partial charge in [-0.1, -0.05) is 6.58 Å². The van der Waals surface area contributed by atoms with E-state index in [0.29, 0.717) is 5.70 Å². The molecule has 0 aliphatic carbocycles. The molecule has 3 rings (SSSR count). The highest BCUT2D eigenvalue weighted by Crippen LogP contribution is 2.21. The van der Waals surface area contributed by atoms with Crippen molar-refractivity contribution in [1.82, 2.24) is 9.55 Å². The SMILES string of the molecule is C=C(N)c1csc(Cn2ccc3cnccc32)c1.